The summed E-state index contributed by atoms with van der Waals surface area (Å²) in [7, 11) is 0. The van der Waals surface area contributed by atoms with Gasteiger partial charge in [0.1, 0.15) is 0 Å². The first-order valence-electron chi connectivity index (χ1n) is 12.8. The van der Waals surface area contributed by atoms with E-state index < -0.39 is 0 Å². The third kappa shape index (κ3) is 5.07. The molecule has 4 nitrogen and oxygen atoms in total. The number of carbonyl (C=O) groups excluding carboxylic acids is 2. The van der Waals surface area contributed by atoms with Crippen molar-refractivity contribution in [3.05, 3.63) is 130 Å². The van der Waals surface area contributed by atoms with Crippen LogP contribution in [-0.4, -0.2) is 25.2 Å². The zero-order valence-electron chi connectivity index (χ0n) is 21.4. The molecule has 0 aliphatic heterocycles. The van der Waals surface area contributed by atoms with Crippen molar-refractivity contribution in [1.82, 2.24) is 0 Å². The Labute approximate surface area is 221 Å². The van der Waals surface area contributed by atoms with Gasteiger partial charge in [-0.3, -0.25) is 0 Å². The minimum atomic E-state index is -0.355. The summed E-state index contributed by atoms with van der Waals surface area (Å²) in [5.74, 6) is -0.710. The molecular weight excluding hydrogens is 472 g/mol. The maximum atomic E-state index is 12.7. The maximum absolute atomic E-state index is 12.7. The van der Waals surface area contributed by atoms with Crippen molar-refractivity contribution >= 4 is 45.6 Å². The lowest BCUT2D eigenvalue weighted by molar-refractivity contribution is 0.0517. The lowest BCUT2D eigenvalue weighted by Crippen LogP contribution is -2.17. The SMILES string of the molecule is CCOC(=O)c1ccc2/c(=C\c3ccccc3)c3cc(C(=O)OCC)ccc3/c(=C/c3ccccc3)c2c1. The minimum absolute atomic E-state index is 0.307. The van der Waals surface area contributed by atoms with Crippen molar-refractivity contribution in [2.24, 2.45) is 0 Å². The third-order valence-electron chi connectivity index (χ3n) is 6.44. The second-order valence-corrected chi connectivity index (χ2v) is 8.90. The van der Waals surface area contributed by atoms with Crippen molar-refractivity contribution in [2.75, 3.05) is 13.2 Å². The fourth-order valence-corrected chi connectivity index (χ4v) is 4.72. The van der Waals surface area contributed by atoms with Crippen molar-refractivity contribution in [3.8, 4) is 0 Å². The van der Waals surface area contributed by atoms with Gasteiger partial charge >= 0.3 is 11.9 Å². The van der Waals surface area contributed by atoms with Crippen LogP contribution in [0.2, 0.25) is 0 Å². The van der Waals surface area contributed by atoms with Gasteiger partial charge < -0.3 is 9.47 Å². The molecular formula is C34H28O4. The number of ether oxygens (including phenoxy) is 2. The van der Waals surface area contributed by atoms with Gasteiger partial charge in [0.2, 0.25) is 0 Å². The number of esters is 2. The van der Waals surface area contributed by atoms with Crippen molar-refractivity contribution < 1.29 is 19.1 Å². The van der Waals surface area contributed by atoms with Gasteiger partial charge in [0.25, 0.3) is 0 Å². The van der Waals surface area contributed by atoms with E-state index in [4.69, 9.17) is 9.47 Å². The van der Waals surface area contributed by atoms with Crippen molar-refractivity contribution in [3.63, 3.8) is 0 Å². The first kappa shape index (κ1) is 25.0. The lowest BCUT2D eigenvalue weighted by Gasteiger charge is -2.12. The van der Waals surface area contributed by atoms with E-state index in [-0.39, 0.29) is 11.9 Å². The molecule has 38 heavy (non-hydrogen) atoms. The molecule has 0 amide bonds. The molecule has 0 unspecified atom stereocenters. The van der Waals surface area contributed by atoms with Crippen LogP contribution < -0.4 is 10.4 Å². The Kier molecular flexibility index (Phi) is 7.32. The van der Waals surface area contributed by atoms with Gasteiger partial charge in [0, 0.05) is 0 Å². The van der Waals surface area contributed by atoms with Crippen LogP contribution in [0.1, 0.15) is 45.7 Å². The molecule has 0 aliphatic rings. The van der Waals surface area contributed by atoms with Crippen LogP contribution in [-0.2, 0) is 9.47 Å². The highest BCUT2D eigenvalue weighted by molar-refractivity contribution is 6.06. The van der Waals surface area contributed by atoms with E-state index in [0.29, 0.717) is 24.3 Å². The summed E-state index contributed by atoms with van der Waals surface area (Å²) in [6.45, 7) is 4.22. The summed E-state index contributed by atoms with van der Waals surface area (Å²) in [4.78, 5) is 25.4. The number of hydrogen-bond acceptors (Lipinski definition) is 4. The monoisotopic (exact) mass is 500 g/mol. The maximum Gasteiger partial charge on any atom is 0.338 e. The molecule has 5 aromatic carbocycles. The predicted octanol–water partition coefficient (Wildman–Crippen LogP) is 6.00. The molecule has 188 valence electrons. The molecule has 0 radical (unpaired) electrons. The van der Waals surface area contributed by atoms with Crippen LogP contribution in [0, 0.1) is 0 Å². The molecule has 0 N–H and O–H groups in total. The van der Waals surface area contributed by atoms with E-state index >= 15 is 0 Å². The molecule has 0 atom stereocenters. The lowest BCUT2D eigenvalue weighted by atomic mass is 9.93. The van der Waals surface area contributed by atoms with E-state index in [1.165, 1.54) is 0 Å². The third-order valence-corrected chi connectivity index (χ3v) is 6.44. The standard InChI is InChI=1S/C34H28O4/c1-3-37-33(35)25-15-17-27-30(20-24-13-9-6-10-14-24)32-22-26(34(36)38-4-2)16-18-28(32)29(31(27)21-25)19-23-11-7-5-8-12-23/h5-22H,3-4H2,1-2H3/b29-19-,30-20+. The van der Waals surface area contributed by atoms with Crippen LogP contribution in [0.25, 0.3) is 33.7 Å². The molecule has 0 aromatic heterocycles. The Balaban J connectivity index is 1.95. The highest BCUT2D eigenvalue weighted by Crippen LogP contribution is 2.20. The van der Waals surface area contributed by atoms with Gasteiger partial charge in [-0.05, 0) is 93.4 Å². The normalized spacial score (nSPS) is 12.2. The highest BCUT2D eigenvalue weighted by atomic mass is 16.5. The van der Waals surface area contributed by atoms with Gasteiger partial charge in [-0.25, -0.2) is 9.59 Å². The summed E-state index contributed by atoms with van der Waals surface area (Å²) in [5, 5.41) is 5.73. The first-order valence-corrected chi connectivity index (χ1v) is 12.8. The van der Waals surface area contributed by atoms with Crippen LogP contribution in [0.3, 0.4) is 0 Å². The fourth-order valence-electron chi connectivity index (χ4n) is 4.72. The molecule has 0 heterocycles. The van der Waals surface area contributed by atoms with E-state index in [1.807, 2.05) is 84.9 Å². The summed E-state index contributed by atoms with van der Waals surface area (Å²) < 4.78 is 10.6. The smallest absolute Gasteiger partial charge is 0.338 e. The Morgan fingerprint density at radius 1 is 0.553 bits per heavy atom. The number of rotatable bonds is 6. The molecule has 5 aromatic rings. The van der Waals surface area contributed by atoms with Crippen LogP contribution in [0.15, 0.2) is 97.1 Å². The Morgan fingerprint density at radius 2 is 0.947 bits per heavy atom. The molecule has 0 bridgehead atoms. The number of benzene rings is 5. The Morgan fingerprint density at radius 3 is 1.32 bits per heavy atom. The van der Waals surface area contributed by atoms with Crippen LogP contribution in [0.4, 0.5) is 0 Å². The number of hydrogen-bond donors (Lipinski definition) is 0. The average Bonchev–Trinajstić information content (AvgIpc) is 2.95. The molecule has 0 saturated carbocycles. The van der Waals surface area contributed by atoms with Gasteiger partial charge in [0.05, 0.1) is 24.3 Å². The van der Waals surface area contributed by atoms with Gasteiger partial charge in [-0.1, -0.05) is 72.8 Å². The summed E-state index contributed by atoms with van der Waals surface area (Å²) in [6.07, 6.45) is 4.24. The van der Waals surface area contributed by atoms with E-state index in [2.05, 4.69) is 12.2 Å². The molecule has 5 rings (SSSR count). The molecule has 4 heteroatoms. The Bertz CT molecular complexity index is 1620. The van der Waals surface area contributed by atoms with Gasteiger partial charge in [0.15, 0.2) is 0 Å². The summed E-state index contributed by atoms with van der Waals surface area (Å²) in [5.41, 5.74) is 3.06. The van der Waals surface area contributed by atoms with Crippen molar-refractivity contribution in [2.45, 2.75) is 13.8 Å². The second kappa shape index (κ2) is 11.1. The summed E-state index contributed by atoms with van der Waals surface area (Å²) in [6, 6.07) is 31.5. The Hall–Kier alpha value is -4.70. The highest BCUT2D eigenvalue weighted by Gasteiger charge is 2.14. The van der Waals surface area contributed by atoms with Crippen molar-refractivity contribution in [1.29, 1.82) is 0 Å². The van der Waals surface area contributed by atoms with E-state index in [1.54, 1.807) is 26.0 Å². The van der Waals surface area contributed by atoms with Gasteiger partial charge in [-0.15, -0.1) is 0 Å². The number of fused-ring (bicyclic) bond motifs is 2. The summed E-state index contributed by atoms with van der Waals surface area (Å²) >= 11 is 0. The molecule has 0 aliphatic carbocycles. The zero-order valence-corrected chi connectivity index (χ0v) is 21.4. The molecule has 0 saturated heterocycles. The minimum Gasteiger partial charge on any atom is -0.462 e. The average molecular weight is 501 g/mol. The molecule has 0 spiro atoms. The van der Waals surface area contributed by atoms with E-state index in [0.717, 1.165) is 43.1 Å². The van der Waals surface area contributed by atoms with E-state index in [9.17, 15) is 9.59 Å². The first-order chi connectivity index (χ1) is 18.6. The second-order valence-electron chi connectivity index (χ2n) is 8.90. The zero-order chi connectivity index (χ0) is 26.5. The topological polar surface area (TPSA) is 52.6 Å². The quantitative estimate of drug-likeness (QED) is 0.212. The fraction of sp³-hybridized carbons (Fsp3) is 0.118. The molecule has 0 fully saturated rings. The predicted molar refractivity (Wildman–Crippen MR) is 153 cm³/mol. The van der Waals surface area contributed by atoms with Crippen LogP contribution >= 0.6 is 0 Å². The number of carbonyl (C=O) groups is 2. The van der Waals surface area contributed by atoms with Crippen LogP contribution in [0.5, 0.6) is 0 Å². The largest absolute Gasteiger partial charge is 0.462 e. The van der Waals surface area contributed by atoms with Gasteiger partial charge in [-0.2, -0.15) is 0 Å².